The first kappa shape index (κ1) is 19.8. The van der Waals surface area contributed by atoms with Gasteiger partial charge in [-0.25, -0.2) is 0 Å². The monoisotopic (exact) mass is 423 g/mol. The van der Waals surface area contributed by atoms with Gasteiger partial charge >= 0.3 is 0 Å². The number of thioether (sulfide) groups is 1. The summed E-state index contributed by atoms with van der Waals surface area (Å²) in [6.07, 6.45) is 1.46. The highest BCUT2D eigenvalue weighted by Crippen LogP contribution is 2.32. The van der Waals surface area contributed by atoms with Gasteiger partial charge in [-0.15, -0.1) is 0 Å². The van der Waals surface area contributed by atoms with Crippen molar-refractivity contribution in [1.29, 1.82) is 5.41 Å². The third-order valence-electron chi connectivity index (χ3n) is 4.56. The number of aryl methyl sites for hydroxylation is 1. The molecule has 0 spiro atoms. The number of amidine groups is 2. The highest BCUT2D eigenvalue weighted by atomic mass is 32.2. The summed E-state index contributed by atoms with van der Waals surface area (Å²) in [6, 6.07) is 7.89. The van der Waals surface area contributed by atoms with E-state index in [0.29, 0.717) is 27.8 Å². The predicted molar refractivity (Wildman–Crippen MR) is 115 cm³/mol. The van der Waals surface area contributed by atoms with E-state index in [0.717, 1.165) is 5.04 Å². The second-order valence-electron chi connectivity index (χ2n) is 7.07. The molecule has 0 atom stereocenters. The standard InChI is InChI=1S/C20H17N5O4S/c1-10(2)19-23-24-17(21)15(18(26)22-20(24)30-19)9-13-5-7-16(29-13)14-6-4-12(25(27)28)8-11(14)3/h4-10,21H,1-3H3. The van der Waals surface area contributed by atoms with Crippen molar-refractivity contribution < 1.29 is 14.1 Å². The van der Waals surface area contributed by atoms with Crippen LogP contribution in [0, 0.1) is 28.4 Å². The van der Waals surface area contributed by atoms with Gasteiger partial charge in [0.05, 0.1) is 10.5 Å². The van der Waals surface area contributed by atoms with Crippen LogP contribution >= 0.6 is 11.8 Å². The molecule has 0 aliphatic carbocycles. The molecule has 0 saturated carbocycles. The number of amides is 1. The molecule has 10 heteroatoms. The molecule has 1 aromatic heterocycles. The highest BCUT2D eigenvalue weighted by Gasteiger charge is 2.36. The fourth-order valence-corrected chi connectivity index (χ4v) is 3.89. The summed E-state index contributed by atoms with van der Waals surface area (Å²) in [4.78, 5) is 27.0. The van der Waals surface area contributed by atoms with Gasteiger partial charge in [0.2, 0.25) is 5.17 Å². The number of hydrogen-bond donors (Lipinski definition) is 1. The van der Waals surface area contributed by atoms with Gasteiger partial charge in [0.15, 0.2) is 5.84 Å². The quantitative estimate of drug-likeness (QED) is 0.440. The molecule has 3 heterocycles. The topological polar surface area (TPSA) is 125 Å². The molecule has 1 aromatic carbocycles. The summed E-state index contributed by atoms with van der Waals surface area (Å²) in [6.45, 7) is 5.73. The molecule has 2 aliphatic heterocycles. The smallest absolute Gasteiger partial charge is 0.283 e. The molecule has 2 aliphatic rings. The average Bonchev–Trinajstić information content (AvgIpc) is 3.32. The number of hydrazone groups is 1. The first-order valence-corrected chi connectivity index (χ1v) is 9.91. The second-order valence-corrected chi connectivity index (χ2v) is 8.06. The van der Waals surface area contributed by atoms with Gasteiger partial charge in [-0.1, -0.05) is 13.8 Å². The minimum Gasteiger partial charge on any atom is -0.457 e. The molecule has 9 nitrogen and oxygen atoms in total. The minimum atomic E-state index is -0.525. The number of aliphatic imine (C=N–C) groups is 1. The molecule has 0 unspecified atom stereocenters. The van der Waals surface area contributed by atoms with Crippen LogP contribution in [0.4, 0.5) is 5.69 Å². The van der Waals surface area contributed by atoms with Crippen molar-refractivity contribution in [3.05, 3.63) is 57.3 Å². The molecule has 2 aromatic rings. The van der Waals surface area contributed by atoms with Gasteiger partial charge in [-0.3, -0.25) is 20.3 Å². The third kappa shape index (κ3) is 3.45. The fourth-order valence-electron chi connectivity index (χ4n) is 3.00. The van der Waals surface area contributed by atoms with Crippen molar-refractivity contribution in [3.8, 4) is 11.3 Å². The molecule has 4 rings (SSSR count). The number of non-ortho nitro benzene ring substituents is 1. The fraction of sp³-hybridized carbons (Fsp3) is 0.200. The van der Waals surface area contributed by atoms with E-state index < -0.39 is 10.8 Å². The van der Waals surface area contributed by atoms with Crippen LogP contribution in [-0.4, -0.2) is 31.9 Å². The number of furan rings is 1. The SMILES string of the molecule is Cc1cc([N+](=O)[O-])ccc1-c1ccc(C=C2C(=N)N3N=C(C(C)C)SC3=NC2=O)o1. The van der Waals surface area contributed by atoms with Crippen LogP contribution in [0.25, 0.3) is 17.4 Å². The van der Waals surface area contributed by atoms with Crippen LogP contribution in [-0.2, 0) is 4.79 Å². The van der Waals surface area contributed by atoms with E-state index in [1.807, 2.05) is 13.8 Å². The zero-order valence-corrected chi connectivity index (χ0v) is 17.2. The van der Waals surface area contributed by atoms with Crippen LogP contribution in [0.2, 0.25) is 0 Å². The molecule has 152 valence electrons. The number of nitrogens with zero attached hydrogens (tertiary/aromatic N) is 4. The van der Waals surface area contributed by atoms with Crippen LogP contribution in [0.5, 0.6) is 0 Å². The Balaban J connectivity index is 1.64. The normalized spacial score (nSPS) is 17.5. The van der Waals surface area contributed by atoms with Crippen molar-refractivity contribution in [3.63, 3.8) is 0 Å². The van der Waals surface area contributed by atoms with Gasteiger partial charge in [0, 0.05) is 23.6 Å². The Kier molecular flexibility index (Phi) is 4.86. The number of carbonyl (C=O) groups is 1. The van der Waals surface area contributed by atoms with E-state index in [9.17, 15) is 14.9 Å². The van der Waals surface area contributed by atoms with Crippen molar-refractivity contribution in [2.75, 3.05) is 0 Å². The number of carbonyl (C=O) groups excluding carboxylic acids is 1. The third-order valence-corrected chi connectivity index (χ3v) is 5.77. The molecule has 1 N–H and O–H groups in total. The average molecular weight is 423 g/mol. The van der Waals surface area contributed by atoms with E-state index in [4.69, 9.17) is 9.83 Å². The van der Waals surface area contributed by atoms with E-state index in [1.165, 1.54) is 35.0 Å². The van der Waals surface area contributed by atoms with E-state index in [1.54, 1.807) is 25.1 Å². The number of hydrogen-bond acceptors (Lipinski definition) is 7. The summed E-state index contributed by atoms with van der Waals surface area (Å²) in [7, 11) is 0. The zero-order valence-electron chi connectivity index (χ0n) is 16.4. The molecule has 30 heavy (non-hydrogen) atoms. The number of nitrogens with one attached hydrogen (secondary N) is 1. The van der Waals surface area contributed by atoms with Crippen molar-refractivity contribution in [2.45, 2.75) is 20.8 Å². The largest absolute Gasteiger partial charge is 0.457 e. The van der Waals surface area contributed by atoms with E-state index in [-0.39, 0.29) is 23.0 Å². The van der Waals surface area contributed by atoms with Crippen LogP contribution < -0.4 is 0 Å². The van der Waals surface area contributed by atoms with Crippen LogP contribution in [0.15, 0.2) is 50.4 Å². The van der Waals surface area contributed by atoms with Gasteiger partial charge in [0.1, 0.15) is 16.6 Å². The molecule has 0 fully saturated rings. The van der Waals surface area contributed by atoms with Crippen molar-refractivity contribution >= 4 is 45.5 Å². The molecule has 0 radical (unpaired) electrons. The molecular weight excluding hydrogens is 406 g/mol. The van der Waals surface area contributed by atoms with Crippen molar-refractivity contribution in [1.82, 2.24) is 5.01 Å². The maximum absolute atomic E-state index is 12.5. The van der Waals surface area contributed by atoms with E-state index in [2.05, 4.69) is 10.1 Å². The Morgan fingerprint density at radius 2 is 2.07 bits per heavy atom. The molecular formula is C20H17N5O4S. The lowest BCUT2D eigenvalue weighted by molar-refractivity contribution is -0.384. The summed E-state index contributed by atoms with van der Waals surface area (Å²) in [5.74, 6) is 0.455. The summed E-state index contributed by atoms with van der Waals surface area (Å²) >= 11 is 1.29. The van der Waals surface area contributed by atoms with Crippen LogP contribution in [0.1, 0.15) is 25.2 Å². The maximum atomic E-state index is 12.5. The number of fused-ring (bicyclic) bond motifs is 1. The Labute approximate surface area is 175 Å². The second kappa shape index (κ2) is 7.38. The first-order chi connectivity index (χ1) is 14.2. The zero-order chi connectivity index (χ0) is 21.6. The minimum absolute atomic E-state index is 0.00451. The lowest BCUT2D eigenvalue weighted by Crippen LogP contribution is -2.35. The Morgan fingerprint density at radius 1 is 1.30 bits per heavy atom. The predicted octanol–water partition coefficient (Wildman–Crippen LogP) is 4.44. The lowest BCUT2D eigenvalue weighted by atomic mass is 10.1. The number of benzene rings is 1. The number of nitro benzene ring substituents is 1. The van der Waals surface area contributed by atoms with E-state index >= 15 is 0 Å². The van der Waals surface area contributed by atoms with Crippen LogP contribution in [0.3, 0.4) is 0 Å². The van der Waals surface area contributed by atoms with Crippen molar-refractivity contribution in [2.24, 2.45) is 16.0 Å². The Bertz CT molecular complexity index is 1190. The lowest BCUT2D eigenvalue weighted by Gasteiger charge is -2.19. The van der Waals surface area contributed by atoms with Gasteiger partial charge < -0.3 is 4.42 Å². The summed E-state index contributed by atoms with van der Waals surface area (Å²) in [5, 5.41) is 26.2. The number of nitro groups is 1. The van der Waals surface area contributed by atoms with Gasteiger partial charge in [-0.05, 0) is 48.5 Å². The Hall–Kier alpha value is -3.53. The molecule has 0 saturated heterocycles. The Morgan fingerprint density at radius 3 is 2.73 bits per heavy atom. The number of rotatable bonds is 4. The van der Waals surface area contributed by atoms with Gasteiger partial charge in [-0.2, -0.15) is 15.1 Å². The summed E-state index contributed by atoms with van der Waals surface area (Å²) in [5.41, 5.74) is 1.48. The maximum Gasteiger partial charge on any atom is 0.283 e. The molecule has 1 amide bonds. The highest BCUT2D eigenvalue weighted by molar-refractivity contribution is 8.27. The first-order valence-electron chi connectivity index (χ1n) is 9.10. The summed E-state index contributed by atoms with van der Waals surface area (Å²) < 4.78 is 5.82. The molecule has 0 bridgehead atoms. The van der Waals surface area contributed by atoms with Gasteiger partial charge in [0.25, 0.3) is 11.6 Å².